The van der Waals surface area contributed by atoms with Gasteiger partial charge >= 0.3 is 0 Å². The number of carbonyl (C=O) groups is 2. The zero-order chi connectivity index (χ0) is 22.3. The summed E-state index contributed by atoms with van der Waals surface area (Å²) in [6.45, 7) is 3.31. The second-order valence-corrected chi connectivity index (χ2v) is 7.19. The van der Waals surface area contributed by atoms with Gasteiger partial charge in [0.2, 0.25) is 5.60 Å². The van der Waals surface area contributed by atoms with Crippen LogP contribution in [-0.2, 0) is 27.4 Å². The number of hydrogen-bond donors (Lipinski definition) is 4. The molecular weight excluding hydrogens is 398 g/mol. The number of benzene rings is 2. The Kier molecular flexibility index (Phi) is 7.11. The average molecular weight is 423 g/mol. The van der Waals surface area contributed by atoms with E-state index in [1.54, 1.807) is 6.92 Å². The Bertz CT molecular complexity index is 1020. The van der Waals surface area contributed by atoms with Gasteiger partial charge in [-0.1, -0.05) is 54.6 Å². The molecule has 0 aliphatic rings. The highest BCUT2D eigenvalue weighted by molar-refractivity contribution is 6.07. The number of rotatable bonds is 9. The fourth-order valence-electron chi connectivity index (χ4n) is 2.96. The summed E-state index contributed by atoms with van der Waals surface area (Å²) in [4.78, 5) is 27.8. The molecule has 2 amide bonds. The third-order valence-electron chi connectivity index (χ3n) is 4.85. The Morgan fingerprint density at radius 3 is 2.32 bits per heavy atom. The van der Waals surface area contributed by atoms with Gasteiger partial charge < -0.3 is 15.0 Å². The molecule has 31 heavy (non-hydrogen) atoms. The molecule has 2 aromatic carbocycles. The maximum absolute atomic E-state index is 12.7. The van der Waals surface area contributed by atoms with Gasteiger partial charge in [0, 0.05) is 13.0 Å². The first-order valence-corrected chi connectivity index (χ1v) is 9.81. The second-order valence-electron chi connectivity index (χ2n) is 7.19. The summed E-state index contributed by atoms with van der Waals surface area (Å²) < 4.78 is 5.66. The highest BCUT2D eigenvalue weighted by Crippen LogP contribution is 2.21. The molecule has 0 spiro atoms. The molecule has 0 bridgehead atoms. The highest BCUT2D eigenvalue weighted by atomic mass is 16.5. The van der Waals surface area contributed by atoms with Crippen LogP contribution in [0.5, 0.6) is 0 Å². The van der Waals surface area contributed by atoms with E-state index in [2.05, 4.69) is 20.5 Å². The number of hydrogen-bond acceptors (Lipinski definition) is 6. The zero-order valence-electron chi connectivity index (χ0n) is 17.4. The lowest BCUT2D eigenvalue weighted by atomic mass is 10.0. The minimum Gasteiger partial charge on any atom is -0.353 e. The van der Waals surface area contributed by atoms with Gasteiger partial charge in [-0.25, -0.2) is 5.48 Å². The first-order valence-electron chi connectivity index (χ1n) is 9.81. The lowest BCUT2D eigenvalue weighted by Gasteiger charge is -2.26. The van der Waals surface area contributed by atoms with Crippen LogP contribution in [0.25, 0.3) is 11.1 Å². The van der Waals surface area contributed by atoms with Crippen LogP contribution in [-0.4, -0.2) is 44.3 Å². The maximum Gasteiger partial charge on any atom is 0.285 e. The molecule has 9 heteroatoms. The van der Waals surface area contributed by atoms with E-state index in [1.807, 2.05) is 54.6 Å². The maximum atomic E-state index is 12.7. The standard InChI is InChI=1S/C22H25N5O4/c1-15-24-19(26-25-15)12-13-23-20(28)22(2,21(29)27-30)31-14-16-8-10-18(11-9-16)17-6-4-3-5-7-17/h3-11,30H,12-14H2,1-2H3,(H,23,28)(H,27,29)(H,24,25,26). The van der Waals surface area contributed by atoms with Crippen LogP contribution in [0.15, 0.2) is 54.6 Å². The molecule has 1 aromatic heterocycles. The minimum absolute atomic E-state index is 0.00765. The number of aromatic nitrogens is 3. The molecule has 1 atom stereocenters. The van der Waals surface area contributed by atoms with Crippen LogP contribution in [0.3, 0.4) is 0 Å². The molecule has 9 nitrogen and oxygen atoms in total. The van der Waals surface area contributed by atoms with Crippen molar-refractivity contribution < 1.29 is 19.5 Å². The summed E-state index contributed by atoms with van der Waals surface area (Å²) in [6.07, 6.45) is 0.407. The first-order chi connectivity index (χ1) is 14.9. The number of nitrogens with zero attached hydrogens (tertiary/aromatic N) is 2. The molecule has 0 fully saturated rings. The predicted octanol–water partition coefficient (Wildman–Crippen LogP) is 1.92. The largest absolute Gasteiger partial charge is 0.353 e. The zero-order valence-corrected chi connectivity index (χ0v) is 17.4. The quantitative estimate of drug-likeness (QED) is 0.236. The van der Waals surface area contributed by atoms with Crippen LogP contribution in [0, 0.1) is 6.92 Å². The number of amides is 2. The van der Waals surface area contributed by atoms with Gasteiger partial charge in [0.25, 0.3) is 11.8 Å². The number of nitrogens with one attached hydrogen (secondary N) is 3. The summed E-state index contributed by atoms with van der Waals surface area (Å²) in [5.74, 6) is -0.337. The van der Waals surface area contributed by atoms with Crippen molar-refractivity contribution in [2.24, 2.45) is 0 Å². The van der Waals surface area contributed by atoms with Gasteiger partial charge in [0.05, 0.1) is 6.61 Å². The van der Waals surface area contributed by atoms with E-state index in [0.717, 1.165) is 16.7 Å². The molecule has 4 N–H and O–H groups in total. The highest BCUT2D eigenvalue weighted by Gasteiger charge is 2.42. The Morgan fingerprint density at radius 1 is 1.03 bits per heavy atom. The van der Waals surface area contributed by atoms with Crippen molar-refractivity contribution in [2.75, 3.05) is 6.54 Å². The second kappa shape index (κ2) is 9.96. The van der Waals surface area contributed by atoms with Crippen molar-refractivity contribution in [3.05, 3.63) is 71.8 Å². The number of aromatic amines is 1. The molecule has 0 saturated heterocycles. The molecule has 162 valence electrons. The lowest BCUT2D eigenvalue weighted by molar-refractivity contribution is -0.166. The van der Waals surface area contributed by atoms with Crippen LogP contribution in [0.4, 0.5) is 0 Å². The van der Waals surface area contributed by atoms with Gasteiger partial charge in [-0.15, -0.1) is 10.2 Å². The van der Waals surface area contributed by atoms with E-state index in [4.69, 9.17) is 9.94 Å². The molecule has 0 aliphatic heterocycles. The van der Waals surface area contributed by atoms with Gasteiger partial charge in [-0.05, 0) is 30.5 Å². The SMILES string of the molecule is Cc1nnc(CCNC(=O)C(C)(OCc2ccc(-c3ccccc3)cc2)C(=O)NO)[nH]1. The number of carbonyl (C=O) groups excluding carboxylic acids is 2. The monoisotopic (exact) mass is 423 g/mol. The van der Waals surface area contributed by atoms with Crippen molar-refractivity contribution in [3.63, 3.8) is 0 Å². The fourth-order valence-corrected chi connectivity index (χ4v) is 2.96. The molecule has 1 unspecified atom stereocenters. The van der Waals surface area contributed by atoms with E-state index in [0.29, 0.717) is 18.1 Å². The Morgan fingerprint density at radius 2 is 1.71 bits per heavy atom. The van der Waals surface area contributed by atoms with E-state index in [1.165, 1.54) is 12.4 Å². The van der Waals surface area contributed by atoms with Crippen molar-refractivity contribution in [2.45, 2.75) is 32.5 Å². The molecular formula is C22H25N5O4. The normalized spacial score (nSPS) is 12.7. The Balaban J connectivity index is 1.61. The number of aryl methyl sites for hydroxylation is 1. The summed E-state index contributed by atoms with van der Waals surface area (Å²) in [5, 5.41) is 19.5. The van der Waals surface area contributed by atoms with Gasteiger partial charge in [-0.3, -0.25) is 14.8 Å². The third-order valence-corrected chi connectivity index (χ3v) is 4.85. The smallest absolute Gasteiger partial charge is 0.285 e. The lowest BCUT2D eigenvalue weighted by Crippen LogP contribution is -2.56. The number of H-pyrrole nitrogens is 1. The summed E-state index contributed by atoms with van der Waals surface area (Å²) in [5.41, 5.74) is 2.50. The molecule has 3 rings (SSSR count). The fraction of sp³-hybridized carbons (Fsp3) is 0.273. The van der Waals surface area contributed by atoms with E-state index < -0.39 is 17.4 Å². The van der Waals surface area contributed by atoms with Crippen LogP contribution in [0.1, 0.15) is 24.1 Å². The molecule has 1 heterocycles. The average Bonchev–Trinajstić information content (AvgIpc) is 3.22. The molecule has 0 saturated carbocycles. The summed E-state index contributed by atoms with van der Waals surface area (Å²) in [7, 11) is 0. The van der Waals surface area contributed by atoms with Crippen LogP contribution < -0.4 is 10.8 Å². The van der Waals surface area contributed by atoms with Crippen LogP contribution >= 0.6 is 0 Å². The number of hydroxylamine groups is 1. The molecule has 3 aromatic rings. The topological polar surface area (TPSA) is 129 Å². The Hall–Kier alpha value is -3.56. The summed E-state index contributed by atoms with van der Waals surface area (Å²) in [6, 6.07) is 17.5. The van der Waals surface area contributed by atoms with Gasteiger partial charge in [-0.2, -0.15) is 0 Å². The molecule has 0 aliphatic carbocycles. The Labute approximate surface area is 179 Å². The molecule has 0 radical (unpaired) electrons. The van der Waals surface area contributed by atoms with Crippen molar-refractivity contribution in [3.8, 4) is 11.1 Å². The van der Waals surface area contributed by atoms with Crippen molar-refractivity contribution in [1.29, 1.82) is 0 Å². The van der Waals surface area contributed by atoms with Gasteiger partial charge in [0.15, 0.2) is 0 Å². The van der Waals surface area contributed by atoms with Gasteiger partial charge in [0.1, 0.15) is 11.6 Å². The number of ether oxygens (including phenoxy) is 1. The first kappa shape index (κ1) is 22.1. The van der Waals surface area contributed by atoms with Crippen LogP contribution in [0.2, 0.25) is 0 Å². The van der Waals surface area contributed by atoms with E-state index in [9.17, 15) is 9.59 Å². The predicted molar refractivity (Wildman–Crippen MR) is 113 cm³/mol. The van der Waals surface area contributed by atoms with E-state index >= 15 is 0 Å². The third kappa shape index (κ3) is 5.53. The van der Waals surface area contributed by atoms with Crippen molar-refractivity contribution in [1.82, 2.24) is 26.0 Å². The van der Waals surface area contributed by atoms with E-state index in [-0.39, 0.29) is 13.2 Å². The summed E-state index contributed by atoms with van der Waals surface area (Å²) >= 11 is 0. The van der Waals surface area contributed by atoms with Crippen molar-refractivity contribution >= 4 is 11.8 Å². The minimum atomic E-state index is -1.91.